The molecule has 0 saturated heterocycles. The maximum Gasteiger partial charge on any atom is 0.302 e. The van der Waals surface area contributed by atoms with Gasteiger partial charge in [-0.1, -0.05) is 19.9 Å². The monoisotopic (exact) mass is 293 g/mol. The maximum atomic E-state index is 11.8. The second-order valence-corrected chi connectivity index (χ2v) is 5.52. The Labute approximate surface area is 120 Å². The molecule has 7 heteroatoms. The van der Waals surface area contributed by atoms with E-state index in [1.807, 2.05) is 13.8 Å². The standard InChI is InChI=1S/C13H15N3O3S/c1-8(2)6-14-11(17)9-7-19-13(15-9)16-12(18)10-4-3-5-20-10/h3-5,7-8H,6H2,1-2H3,(H,14,17)(H,15,16,18). The quantitative estimate of drug-likeness (QED) is 0.886. The van der Waals surface area contributed by atoms with Crippen LogP contribution < -0.4 is 10.6 Å². The molecule has 2 heterocycles. The summed E-state index contributed by atoms with van der Waals surface area (Å²) < 4.78 is 5.06. The zero-order valence-corrected chi connectivity index (χ0v) is 12.0. The number of anilines is 1. The number of hydrogen-bond acceptors (Lipinski definition) is 5. The summed E-state index contributed by atoms with van der Waals surface area (Å²) >= 11 is 1.31. The number of carbonyl (C=O) groups is 2. The van der Waals surface area contributed by atoms with Gasteiger partial charge in [-0.2, -0.15) is 4.98 Å². The number of nitrogens with zero attached hydrogens (tertiary/aromatic N) is 1. The molecule has 0 aromatic carbocycles. The van der Waals surface area contributed by atoms with Crippen LogP contribution in [-0.2, 0) is 0 Å². The predicted molar refractivity (Wildman–Crippen MR) is 75.9 cm³/mol. The third kappa shape index (κ3) is 3.67. The molecule has 0 bridgehead atoms. The highest BCUT2D eigenvalue weighted by molar-refractivity contribution is 7.12. The third-order valence-corrected chi connectivity index (χ3v) is 3.24. The number of oxazole rings is 1. The number of amides is 2. The zero-order valence-electron chi connectivity index (χ0n) is 11.2. The zero-order chi connectivity index (χ0) is 14.5. The molecule has 2 N–H and O–H groups in total. The minimum Gasteiger partial charge on any atom is -0.431 e. The van der Waals surface area contributed by atoms with Gasteiger partial charge < -0.3 is 9.73 Å². The van der Waals surface area contributed by atoms with Crippen LogP contribution in [0.4, 0.5) is 6.01 Å². The molecule has 0 aliphatic heterocycles. The largest absolute Gasteiger partial charge is 0.431 e. The number of nitrogens with one attached hydrogen (secondary N) is 2. The second kappa shape index (κ2) is 6.33. The molecule has 0 unspecified atom stereocenters. The van der Waals surface area contributed by atoms with E-state index >= 15 is 0 Å². The molecule has 2 rings (SSSR count). The molecule has 0 aliphatic rings. The number of aromatic nitrogens is 1. The minimum absolute atomic E-state index is 0.0121. The van der Waals surface area contributed by atoms with E-state index in [0.29, 0.717) is 17.3 Å². The van der Waals surface area contributed by atoms with Crippen molar-refractivity contribution in [2.75, 3.05) is 11.9 Å². The number of rotatable bonds is 5. The van der Waals surface area contributed by atoms with Gasteiger partial charge in [0.2, 0.25) is 0 Å². The van der Waals surface area contributed by atoms with E-state index < -0.39 is 0 Å². The van der Waals surface area contributed by atoms with Crippen LogP contribution in [0.2, 0.25) is 0 Å². The molecule has 0 aliphatic carbocycles. The highest BCUT2D eigenvalue weighted by Crippen LogP contribution is 2.13. The molecule has 0 radical (unpaired) electrons. The fourth-order valence-corrected chi connectivity index (χ4v) is 2.01. The average molecular weight is 293 g/mol. The Hall–Kier alpha value is -2.15. The smallest absolute Gasteiger partial charge is 0.302 e. The van der Waals surface area contributed by atoms with Crippen molar-refractivity contribution >= 4 is 29.2 Å². The molecule has 2 amide bonds. The first-order chi connectivity index (χ1) is 9.56. The van der Waals surface area contributed by atoms with Crippen LogP contribution in [0.15, 0.2) is 28.2 Å². The van der Waals surface area contributed by atoms with Crippen LogP contribution in [0.5, 0.6) is 0 Å². The summed E-state index contributed by atoms with van der Waals surface area (Å²) in [6, 6.07) is 3.48. The summed E-state index contributed by atoms with van der Waals surface area (Å²) in [5.74, 6) is -0.279. The number of carbonyl (C=O) groups excluding carboxylic acids is 2. The molecule has 2 aromatic heterocycles. The molecule has 0 saturated carbocycles. The summed E-state index contributed by atoms with van der Waals surface area (Å²) in [4.78, 5) is 28.0. The van der Waals surface area contributed by atoms with Crippen LogP contribution in [0, 0.1) is 5.92 Å². The van der Waals surface area contributed by atoms with Gasteiger partial charge in [0.25, 0.3) is 11.8 Å². The number of thiophene rings is 1. The molecule has 2 aromatic rings. The Morgan fingerprint density at radius 1 is 1.40 bits per heavy atom. The first-order valence-electron chi connectivity index (χ1n) is 6.15. The van der Waals surface area contributed by atoms with Gasteiger partial charge in [-0.25, -0.2) is 0 Å². The van der Waals surface area contributed by atoms with Crippen LogP contribution in [0.1, 0.15) is 34.0 Å². The van der Waals surface area contributed by atoms with Gasteiger partial charge in [0.05, 0.1) is 4.88 Å². The van der Waals surface area contributed by atoms with Crippen LogP contribution >= 0.6 is 11.3 Å². The van der Waals surface area contributed by atoms with Gasteiger partial charge >= 0.3 is 6.01 Å². The predicted octanol–water partition coefficient (Wildman–Crippen LogP) is 2.37. The molecule has 106 valence electrons. The summed E-state index contributed by atoms with van der Waals surface area (Å²) in [6.07, 6.45) is 1.22. The molecule has 0 fully saturated rings. The summed E-state index contributed by atoms with van der Waals surface area (Å²) in [6.45, 7) is 4.55. The van der Waals surface area contributed by atoms with Crippen LogP contribution in [-0.4, -0.2) is 23.3 Å². The third-order valence-electron chi connectivity index (χ3n) is 2.37. The molecule has 0 atom stereocenters. The number of hydrogen-bond donors (Lipinski definition) is 2. The normalized spacial score (nSPS) is 10.6. The first kappa shape index (κ1) is 14.3. The second-order valence-electron chi connectivity index (χ2n) is 4.57. The average Bonchev–Trinajstić information content (AvgIpc) is 3.06. The van der Waals surface area contributed by atoms with E-state index in [9.17, 15) is 9.59 Å². The topological polar surface area (TPSA) is 84.2 Å². The Bertz CT molecular complexity index is 590. The summed E-state index contributed by atoms with van der Waals surface area (Å²) in [7, 11) is 0. The fourth-order valence-electron chi connectivity index (χ4n) is 1.39. The lowest BCUT2D eigenvalue weighted by atomic mass is 10.2. The molecule has 6 nitrogen and oxygen atoms in total. The Morgan fingerprint density at radius 3 is 2.85 bits per heavy atom. The van der Waals surface area contributed by atoms with Crippen molar-refractivity contribution in [2.45, 2.75) is 13.8 Å². The van der Waals surface area contributed by atoms with Crippen molar-refractivity contribution in [3.8, 4) is 0 Å². The Morgan fingerprint density at radius 2 is 2.20 bits per heavy atom. The van der Waals surface area contributed by atoms with Crippen molar-refractivity contribution in [1.82, 2.24) is 10.3 Å². The van der Waals surface area contributed by atoms with E-state index in [4.69, 9.17) is 4.42 Å². The lowest BCUT2D eigenvalue weighted by molar-refractivity contribution is 0.0943. The van der Waals surface area contributed by atoms with Gasteiger partial charge in [0.15, 0.2) is 5.69 Å². The van der Waals surface area contributed by atoms with E-state index in [-0.39, 0.29) is 23.5 Å². The lowest BCUT2D eigenvalue weighted by Gasteiger charge is -2.04. The molecular formula is C13H15N3O3S. The highest BCUT2D eigenvalue weighted by Gasteiger charge is 2.15. The van der Waals surface area contributed by atoms with E-state index in [1.54, 1.807) is 17.5 Å². The minimum atomic E-state index is -0.320. The first-order valence-corrected chi connectivity index (χ1v) is 7.03. The van der Waals surface area contributed by atoms with E-state index in [2.05, 4.69) is 15.6 Å². The van der Waals surface area contributed by atoms with Gasteiger partial charge in [-0.05, 0) is 17.4 Å². The van der Waals surface area contributed by atoms with Crippen LogP contribution in [0.3, 0.4) is 0 Å². The van der Waals surface area contributed by atoms with Gasteiger partial charge in [0, 0.05) is 6.54 Å². The fraction of sp³-hybridized carbons (Fsp3) is 0.308. The summed E-state index contributed by atoms with van der Waals surface area (Å²) in [5.41, 5.74) is 0.145. The molecular weight excluding hydrogens is 278 g/mol. The summed E-state index contributed by atoms with van der Waals surface area (Å²) in [5, 5.41) is 7.02. The van der Waals surface area contributed by atoms with E-state index in [0.717, 1.165) is 0 Å². The van der Waals surface area contributed by atoms with Gasteiger partial charge in [-0.15, -0.1) is 11.3 Å². The highest BCUT2D eigenvalue weighted by atomic mass is 32.1. The lowest BCUT2D eigenvalue weighted by Crippen LogP contribution is -2.27. The van der Waals surface area contributed by atoms with Crippen molar-refractivity contribution < 1.29 is 14.0 Å². The molecule has 0 spiro atoms. The molecule has 20 heavy (non-hydrogen) atoms. The van der Waals surface area contributed by atoms with Crippen molar-refractivity contribution in [3.63, 3.8) is 0 Å². The SMILES string of the molecule is CC(C)CNC(=O)c1coc(NC(=O)c2cccs2)n1. The van der Waals surface area contributed by atoms with Gasteiger partial charge in [-0.3, -0.25) is 14.9 Å². The van der Waals surface area contributed by atoms with Crippen molar-refractivity contribution in [1.29, 1.82) is 0 Å². The van der Waals surface area contributed by atoms with E-state index in [1.165, 1.54) is 17.6 Å². The van der Waals surface area contributed by atoms with Crippen LogP contribution in [0.25, 0.3) is 0 Å². The maximum absolute atomic E-state index is 11.8. The van der Waals surface area contributed by atoms with Crippen molar-refractivity contribution in [3.05, 3.63) is 34.3 Å². The van der Waals surface area contributed by atoms with Gasteiger partial charge in [0.1, 0.15) is 6.26 Å². The Balaban J connectivity index is 1.95. The Kier molecular flexibility index (Phi) is 4.52. The van der Waals surface area contributed by atoms with Crippen molar-refractivity contribution in [2.24, 2.45) is 5.92 Å².